The van der Waals surface area contributed by atoms with Gasteiger partial charge in [-0.25, -0.2) is 14.6 Å². The van der Waals surface area contributed by atoms with Gasteiger partial charge in [-0.3, -0.25) is 4.79 Å². The molecular formula is C27H34Cl2F3N7O. The van der Waals surface area contributed by atoms with Crippen molar-refractivity contribution >= 4 is 46.1 Å². The number of fused-ring (bicyclic) bond motifs is 1. The van der Waals surface area contributed by atoms with Crippen LogP contribution < -0.4 is 10.2 Å². The van der Waals surface area contributed by atoms with E-state index < -0.39 is 17.9 Å². The van der Waals surface area contributed by atoms with Crippen LogP contribution in [0.2, 0.25) is 10.0 Å². The molecule has 3 heterocycles. The molecule has 1 N–H and O–H groups in total. The Morgan fingerprint density at radius 2 is 1.98 bits per heavy atom. The van der Waals surface area contributed by atoms with Gasteiger partial charge in [-0.2, -0.15) is 18.3 Å². The highest BCUT2D eigenvalue weighted by Crippen LogP contribution is 2.37. The third-order valence-electron chi connectivity index (χ3n) is 7.20. The summed E-state index contributed by atoms with van der Waals surface area (Å²) in [6.07, 6.45) is -0.113. The summed E-state index contributed by atoms with van der Waals surface area (Å²) >= 11 is 12.4. The summed E-state index contributed by atoms with van der Waals surface area (Å²) in [5.74, 6) is 0.920. The number of alkyl halides is 3. The van der Waals surface area contributed by atoms with E-state index in [4.69, 9.17) is 23.2 Å². The molecule has 3 aromatic rings. The first-order valence-electron chi connectivity index (χ1n) is 13.5. The predicted molar refractivity (Wildman–Crippen MR) is 151 cm³/mol. The number of nitrogens with zero attached hydrogens (tertiary/aromatic N) is 6. The van der Waals surface area contributed by atoms with Crippen LogP contribution in [0.3, 0.4) is 0 Å². The Morgan fingerprint density at radius 1 is 1.23 bits per heavy atom. The average Bonchev–Trinajstić information content (AvgIpc) is 3.25. The number of rotatable bonds is 12. The quantitative estimate of drug-likeness (QED) is 0.282. The van der Waals surface area contributed by atoms with Crippen molar-refractivity contribution in [1.29, 1.82) is 0 Å². The monoisotopic (exact) mass is 599 g/mol. The number of aromatic nitrogens is 4. The molecule has 1 fully saturated rings. The second kappa shape index (κ2) is 12.9. The van der Waals surface area contributed by atoms with E-state index in [2.05, 4.69) is 32.2 Å². The summed E-state index contributed by atoms with van der Waals surface area (Å²) in [5, 5.41) is 7.51. The van der Waals surface area contributed by atoms with E-state index in [0.29, 0.717) is 33.9 Å². The average molecular weight is 601 g/mol. The Hall–Kier alpha value is -2.63. The topological polar surface area (TPSA) is 79.2 Å². The summed E-state index contributed by atoms with van der Waals surface area (Å²) in [6.45, 7) is 10.2. The van der Waals surface area contributed by atoms with Gasteiger partial charge in [0.15, 0.2) is 11.3 Å². The van der Waals surface area contributed by atoms with Crippen molar-refractivity contribution in [2.45, 2.75) is 52.3 Å². The number of carbonyl (C=O) groups excluding carboxylic acids is 1. The molecule has 1 aliphatic heterocycles. The van der Waals surface area contributed by atoms with Gasteiger partial charge in [0.1, 0.15) is 11.3 Å². The maximum Gasteiger partial charge on any atom is 0.437 e. The van der Waals surface area contributed by atoms with E-state index in [9.17, 15) is 18.0 Å². The molecule has 0 bridgehead atoms. The van der Waals surface area contributed by atoms with Gasteiger partial charge in [0, 0.05) is 43.1 Å². The van der Waals surface area contributed by atoms with Crippen LogP contribution in [0, 0.1) is 5.92 Å². The van der Waals surface area contributed by atoms with E-state index >= 15 is 0 Å². The molecule has 2 aromatic heterocycles. The fraction of sp³-hybridized carbons (Fsp3) is 0.556. The number of amides is 1. The van der Waals surface area contributed by atoms with Crippen LogP contribution in [0.15, 0.2) is 24.4 Å². The first kappa shape index (κ1) is 30.3. The number of halogens is 5. The van der Waals surface area contributed by atoms with Crippen LogP contribution in [0.5, 0.6) is 0 Å². The number of anilines is 1. The molecule has 1 unspecified atom stereocenters. The second-order valence-electron chi connectivity index (χ2n) is 10.3. The third kappa shape index (κ3) is 7.16. The minimum Gasteiger partial charge on any atom is -0.355 e. The minimum atomic E-state index is -4.69. The van der Waals surface area contributed by atoms with Crippen LogP contribution in [-0.4, -0.2) is 69.8 Å². The summed E-state index contributed by atoms with van der Waals surface area (Å²) in [6, 6.07) is 4.22. The Kier molecular flexibility index (Phi) is 9.79. The van der Waals surface area contributed by atoms with Crippen molar-refractivity contribution < 1.29 is 18.0 Å². The molecule has 0 aliphatic carbocycles. The molecule has 1 aromatic carbocycles. The van der Waals surface area contributed by atoms with E-state index in [1.54, 1.807) is 25.1 Å². The van der Waals surface area contributed by atoms with Crippen LogP contribution in [0.25, 0.3) is 11.2 Å². The first-order valence-corrected chi connectivity index (χ1v) is 14.2. The van der Waals surface area contributed by atoms with Gasteiger partial charge in [0.05, 0.1) is 12.2 Å². The molecule has 1 aliphatic rings. The van der Waals surface area contributed by atoms with Crippen molar-refractivity contribution in [3.63, 3.8) is 0 Å². The summed E-state index contributed by atoms with van der Waals surface area (Å²) in [4.78, 5) is 24.4. The van der Waals surface area contributed by atoms with Gasteiger partial charge in [0.2, 0.25) is 5.91 Å². The van der Waals surface area contributed by atoms with Gasteiger partial charge in [-0.05, 0) is 56.5 Å². The highest BCUT2D eigenvalue weighted by molar-refractivity contribution is 6.35. The first-order chi connectivity index (χ1) is 19.0. The maximum absolute atomic E-state index is 13.8. The number of unbranched alkanes of at least 4 members (excludes halogenated alkanes) is 1. The number of hydrogen-bond donors (Lipinski definition) is 1. The van der Waals surface area contributed by atoms with Crippen molar-refractivity contribution in [1.82, 2.24) is 30.0 Å². The molecule has 0 spiro atoms. The van der Waals surface area contributed by atoms with Gasteiger partial charge in [0.25, 0.3) is 0 Å². The molecule has 13 heteroatoms. The molecular weight excluding hydrogens is 566 g/mol. The molecule has 1 atom stereocenters. The standard InChI is InChI=1S/C27H34Cl2F3N7O/c1-4-5-10-37(12-9-33-18(3)40)11-8-19-15-38(16-19)23-14-34-24-25(27(30,31)32)36-39(26(24)35-23)17(2)21-7-6-20(28)13-22(21)29/h6-7,13-14,17,19H,4-5,8-12,15-16H2,1-3H3,(H,33,40). The third-order valence-corrected chi connectivity index (χ3v) is 7.77. The van der Waals surface area contributed by atoms with Gasteiger partial charge < -0.3 is 15.1 Å². The molecule has 0 radical (unpaired) electrons. The lowest BCUT2D eigenvalue weighted by molar-refractivity contribution is -0.140. The molecule has 218 valence electrons. The zero-order valence-electron chi connectivity index (χ0n) is 22.8. The van der Waals surface area contributed by atoms with Crippen LogP contribution >= 0.6 is 23.2 Å². The lowest BCUT2D eigenvalue weighted by atomic mass is 9.96. The van der Waals surface area contributed by atoms with Crippen molar-refractivity contribution in [3.8, 4) is 0 Å². The Morgan fingerprint density at radius 3 is 2.62 bits per heavy atom. The molecule has 4 rings (SSSR count). The SMILES string of the molecule is CCCCN(CCNC(C)=O)CCC1CN(c2cnc3c(C(F)(F)F)nn(C(C)c4ccc(Cl)cc4Cl)c3n2)C1. The fourth-order valence-corrected chi connectivity index (χ4v) is 5.46. The largest absolute Gasteiger partial charge is 0.437 e. The maximum atomic E-state index is 13.8. The number of carbonyl (C=O) groups is 1. The molecule has 1 saturated heterocycles. The Balaban J connectivity index is 1.48. The molecule has 0 saturated carbocycles. The van der Waals surface area contributed by atoms with Crippen molar-refractivity contribution in [3.05, 3.63) is 45.7 Å². The zero-order chi connectivity index (χ0) is 29.0. The normalized spacial score (nSPS) is 15.1. The van der Waals surface area contributed by atoms with Gasteiger partial charge >= 0.3 is 6.18 Å². The van der Waals surface area contributed by atoms with Crippen molar-refractivity contribution in [2.24, 2.45) is 5.92 Å². The molecule has 40 heavy (non-hydrogen) atoms. The second-order valence-corrected chi connectivity index (χ2v) is 11.1. The number of hydrogen-bond acceptors (Lipinski definition) is 6. The van der Waals surface area contributed by atoms with Crippen LogP contribution in [-0.2, 0) is 11.0 Å². The zero-order valence-corrected chi connectivity index (χ0v) is 24.3. The lowest BCUT2D eigenvalue weighted by Gasteiger charge is -2.41. The Labute approximate surface area is 241 Å². The summed E-state index contributed by atoms with van der Waals surface area (Å²) in [7, 11) is 0. The summed E-state index contributed by atoms with van der Waals surface area (Å²) in [5.41, 5.74) is -0.746. The van der Waals surface area contributed by atoms with Crippen molar-refractivity contribution in [2.75, 3.05) is 44.2 Å². The van der Waals surface area contributed by atoms with E-state index in [-0.39, 0.29) is 17.1 Å². The number of nitrogens with one attached hydrogen (secondary N) is 1. The van der Waals surface area contributed by atoms with E-state index in [1.165, 1.54) is 17.8 Å². The highest BCUT2D eigenvalue weighted by Gasteiger charge is 2.39. The summed E-state index contributed by atoms with van der Waals surface area (Å²) < 4.78 is 42.8. The van der Waals surface area contributed by atoms with Crippen LogP contribution in [0.1, 0.15) is 57.3 Å². The smallest absolute Gasteiger partial charge is 0.355 e. The highest BCUT2D eigenvalue weighted by atomic mass is 35.5. The Bertz CT molecular complexity index is 1330. The van der Waals surface area contributed by atoms with Gasteiger partial charge in [-0.15, -0.1) is 0 Å². The predicted octanol–water partition coefficient (Wildman–Crippen LogP) is 5.83. The molecule has 8 nitrogen and oxygen atoms in total. The van der Waals surface area contributed by atoms with Crippen LogP contribution in [0.4, 0.5) is 19.0 Å². The molecule has 1 amide bonds. The van der Waals surface area contributed by atoms with Gasteiger partial charge in [-0.1, -0.05) is 42.6 Å². The number of benzene rings is 1. The fourth-order valence-electron chi connectivity index (χ4n) is 4.90. The minimum absolute atomic E-state index is 0.0301. The van der Waals surface area contributed by atoms with E-state index in [1.807, 2.05) is 4.90 Å². The van der Waals surface area contributed by atoms with E-state index in [0.717, 1.165) is 52.0 Å². The lowest BCUT2D eigenvalue weighted by Crippen LogP contribution is -2.48.